The van der Waals surface area contributed by atoms with Crippen LogP contribution in [0.15, 0.2) is 54.7 Å². The van der Waals surface area contributed by atoms with Crippen molar-refractivity contribution < 1.29 is 19.0 Å². The zero-order chi connectivity index (χ0) is 17.8. The first kappa shape index (κ1) is 17.0. The van der Waals surface area contributed by atoms with Crippen molar-refractivity contribution in [1.29, 1.82) is 0 Å². The van der Waals surface area contributed by atoms with E-state index in [0.29, 0.717) is 0 Å². The van der Waals surface area contributed by atoms with Gasteiger partial charge in [0.05, 0.1) is 6.10 Å². The predicted octanol–water partition coefficient (Wildman–Crippen LogP) is 2.55. The number of hydrogen-bond donors (Lipinski definition) is 2. The lowest BCUT2D eigenvalue weighted by Gasteiger charge is -2.12. The van der Waals surface area contributed by atoms with Crippen molar-refractivity contribution in [1.82, 2.24) is 9.88 Å². The average Bonchev–Trinajstić information content (AvgIpc) is 2.96. The maximum atomic E-state index is 13.4. The van der Waals surface area contributed by atoms with Gasteiger partial charge in [-0.1, -0.05) is 30.3 Å². The van der Waals surface area contributed by atoms with Gasteiger partial charge in [0.25, 0.3) is 5.91 Å². The summed E-state index contributed by atoms with van der Waals surface area (Å²) in [5.41, 5.74) is 1.75. The third-order valence-corrected chi connectivity index (χ3v) is 3.97. The lowest BCUT2D eigenvalue weighted by molar-refractivity contribution is -0.123. The standard InChI is InChI=1S/C19H19FN2O3/c1-22-11-14(13-6-2-4-8-16(13)22)17(23)10-21-19(24)12-25-18-9-5-3-7-15(18)20/h2-9,11,17,23H,10,12H2,1H3,(H,21,24)/t17-/m1/s1. The first-order valence-electron chi connectivity index (χ1n) is 7.92. The molecular formula is C19H19FN2O3. The first-order valence-corrected chi connectivity index (χ1v) is 7.92. The molecule has 1 amide bonds. The molecule has 6 heteroatoms. The quantitative estimate of drug-likeness (QED) is 0.724. The van der Waals surface area contributed by atoms with E-state index in [1.54, 1.807) is 12.1 Å². The summed E-state index contributed by atoms with van der Waals surface area (Å²) < 4.78 is 20.5. The summed E-state index contributed by atoms with van der Waals surface area (Å²) in [4.78, 5) is 11.9. The van der Waals surface area contributed by atoms with Crippen LogP contribution < -0.4 is 10.1 Å². The van der Waals surface area contributed by atoms with Crippen LogP contribution in [0.3, 0.4) is 0 Å². The van der Waals surface area contributed by atoms with Gasteiger partial charge in [-0.3, -0.25) is 4.79 Å². The molecule has 0 unspecified atom stereocenters. The summed E-state index contributed by atoms with van der Waals surface area (Å²) in [5, 5.41) is 13.9. The summed E-state index contributed by atoms with van der Waals surface area (Å²) in [6.07, 6.45) is 1.00. The number of aliphatic hydroxyl groups excluding tert-OH is 1. The maximum absolute atomic E-state index is 13.4. The molecule has 0 fully saturated rings. The van der Waals surface area contributed by atoms with Crippen LogP contribution in [0.4, 0.5) is 4.39 Å². The second kappa shape index (κ2) is 7.36. The third kappa shape index (κ3) is 3.80. The van der Waals surface area contributed by atoms with E-state index >= 15 is 0 Å². The van der Waals surface area contributed by atoms with Crippen molar-refractivity contribution in [2.45, 2.75) is 6.10 Å². The highest BCUT2D eigenvalue weighted by atomic mass is 19.1. The number of rotatable bonds is 6. The lowest BCUT2D eigenvalue weighted by atomic mass is 10.1. The van der Waals surface area contributed by atoms with Gasteiger partial charge in [-0.05, 0) is 18.2 Å². The summed E-state index contributed by atoms with van der Waals surface area (Å²) >= 11 is 0. The number of hydrogen-bond acceptors (Lipinski definition) is 3. The highest BCUT2D eigenvalue weighted by Gasteiger charge is 2.15. The van der Waals surface area contributed by atoms with Gasteiger partial charge in [-0.2, -0.15) is 0 Å². The lowest BCUT2D eigenvalue weighted by Crippen LogP contribution is -2.32. The smallest absolute Gasteiger partial charge is 0.258 e. The molecule has 0 aliphatic carbocycles. The van der Waals surface area contributed by atoms with E-state index in [1.165, 1.54) is 12.1 Å². The van der Waals surface area contributed by atoms with Crippen LogP contribution in [0, 0.1) is 5.82 Å². The van der Waals surface area contributed by atoms with Crippen LogP contribution >= 0.6 is 0 Å². The Balaban J connectivity index is 1.57. The second-order valence-electron chi connectivity index (χ2n) is 5.75. The summed E-state index contributed by atoms with van der Waals surface area (Å²) in [6, 6.07) is 13.6. The zero-order valence-corrected chi connectivity index (χ0v) is 13.8. The van der Waals surface area contributed by atoms with Gasteiger partial charge in [-0.15, -0.1) is 0 Å². The topological polar surface area (TPSA) is 63.5 Å². The Morgan fingerprint density at radius 2 is 1.96 bits per heavy atom. The number of aryl methyl sites for hydroxylation is 1. The van der Waals surface area contributed by atoms with Crippen LogP contribution in [-0.4, -0.2) is 28.7 Å². The average molecular weight is 342 g/mol. The molecular weight excluding hydrogens is 323 g/mol. The maximum Gasteiger partial charge on any atom is 0.258 e. The number of benzene rings is 2. The van der Waals surface area contributed by atoms with Crippen molar-refractivity contribution in [2.24, 2.45) is 7.05 Å². The molecule has 2 N–H and O–H groups in total. The highest BCUT2D eigenvalue weighted by Crippen LogP contribution is 2.25. The number of carbonyl (C=O) groups is 1. The number of aliphatic hydroxyl groups is 1. The second-order valence-corrected chi connectivity index (χ2v) is 5.75. The fourth-order valence-electron chi connectivity index (χ4n) is 2.72. The molecule has 0 spiro atoms. The molecule has 3 rings (SSSR count). The summed E-state index contributed by atoms with van der Waals surface area (Å²) in [6.45, 7) is -0.267. The van der Waals surface area contributed by atoms with Gasteiger partial charge < -0.3 is 19.7 Å². The third-order valence-electron chi connectivity index (χ3n) is 3.97. The highest BCUT2D eigenvalue weighted by molar-refractivity contribution is 5.84. The summed E-state index contributed by atoms with van der Waals surface area (Å²) in [5.74, 6) is -0.930. The number of ether oxygens (including phenoxy) is 1. The number of carbonyl (C=O) groups excluding carboxylic acids is 1. The van der Waals surface area contributed by atoms with Crippen molar-refractivity contribution in [3.8, 4) is 5.75 Å². The minimum absolute atomic E-state index is 0.0206. The van der Waals surface area contributed by atoms with E-state index in [9.17, 15) is 14.3 Å². The normalized spacial score (nSPS) is 12.1. The van der Waals surface area contributed by atoms with Gasteiger partial charge in [0, 0.05) is 36.3 Å². The van der Waals surface area contributed by atoms with Gasteiger partial charge in [0.1, 0.15) is 0 Å². The Morgan fingerprint density at radius 3 is 2.76 bits per heavy atom. The fraction of sp³-hybridized carbons (Fsp3) is 0.211. The molecule has 1 atom stereocenters. The van der Waals surface area contributed by atoms with Crippen molar-refractivity contribution in [2.75, 3.05) is 13.2 Å². The molecule has 25 heavy (non-hydrogen) atoms. The van der Waals surface area contributed by atoms with Crippen molar-refractivity contribution >= 4 is 16.8 Å². The van der Waals surface area contributed by atoms with E-state index in [-0.39, 0.29) is 18.9 Å². The van der Waals surface area contributed by atoms with Crippen LogP contribution in [0.2, 0.25) is 0 Å². The van der Waals surface area contributed by atoms with Gasteiger partial charge in [0.15, 0.2) is 18.2 Å². The largest absolute Gasteiger partial charge is 0.481 e. The van der Waals surface area contributed by atoms with Crippen LogP contribution in [0.25, 0.3) is 10.9 Å². The number of halogens is 1. The molecule has 1 aromatic heterocycles. The molecule has 0 saturated carbocycles. The molecule has 2 aromatic carbocycles. The molecule has 0 radical (unpaired) electrons. The predicted molar refractivity (Wildman–Crippen MR) is 92.8 cm³/mol. The van der Waals surface area contributed by atoms with Gasteiger partial charge >= 0.3 is 0 Å². The van der Waals surface area contributed by atoms with E-state index in [1.807, 2.05) is 42.1 Å². The van der Waals surface area contributed by atoms with E-state index < -0.39 is 17.8 Å². The van der Waals surface area contributed by atoms with Gasteiger partial charge in [0.2, 0.25) is 0 Å². The minimum Gasteiger partial charge on any atom is -0.481 e. The number of fused-ring (bicyclic) bond motifs is 1. The molecule has 5 nitrogen and oxygen atoms in total. The van der Waals surface area contributed by atoms with Crippen LogP contribution in [-0.2, 0) is 11.8 Å². The van der Waals surface area contributed by atoms with Crippen LogP contribution in [0.1, 0.15) is 11.7 Å². The minimum atomic E-state index is -0.844. The monoisotopic (exact) mass is 342 g/mol. The molecule has 0 aliphatic heterocycles. The van der Waals surface area contributed by atoms with E-state index in [2.05, 4.69) is 5.32 Å². The van der Waals surface area contributed by atoms with E-state index in [4.69, 9.17) is 4.74 Å². The molecule has 1 heterocycles. The van der Waals surface area contributed by atoms with Crippen LogP contribution in [0.5, 0.6) is 5.75 Å². The Labute approximate surface area is 144 Å². The molecule has 130 valence electrons. The SMILES string of the molecule is Cn1cc([C@H](O)CNC(=O)COc2ccccc2F)c2ccccc21. The number of para-hydroxylation sites is 2. The molecule has 3 aromatic rings. The molecule has 0 saturated heterocycles. The molecule has 0 bridgehead atoms. The first-order chi connectivity index (χ1) is 12.1. The zero-order valence-electron chi connectivity index (χ0n) is 13.8. The number of aromatic nitrogens is 1. The summed E-state index contributed by atoms with van der Waals surface area (Å²) in [7, 11) is 1.90. The Bertz CT molecular complexity index is 891. The fourth-order valence-corrected chi connectivity index (χ4v) is 2.72. The Morgan fingerprint density at radius 1 is 1.24 bits per heavy atom. The Hall–Kier alpha value is -2.86. The number of amides is 1. The van der Waals surface area contributed by atoms with Crippen molar-refractivity contribution in [3.63, 3.8) is 0 Å². The number of nitrogens with zero attached hydrogens (tertiary/aromatic N) is 1. The Kier molecular flexibility index (Phi) is 5.00. The molecule has 0 aliphatic rings. The van der Waals surface area contributed by atoms with Gasteiger partial charge in [-0.25, -0.2) is 4.39 Å². The van der Waals surface area contributed by atoms with Crippen molar-refractivity contribution in [3.05, 3.63) is 66.1 Å². The number of nitrogens with one attached hydrogen (secondary N) is 1. The van der Waals surface area contributed by atoms with E-state index in [0.717, 1.165) is 16.5 Å².